The summed E-state index contributed by atoms with van der Waals surface area (Å²) in [5.41, 5.74) is 8.23. The van der Waals surface area contributed by atoms with Crippen LogP contribution in [0.2, 0.25) is 0 Å². The molecule has 0 saturated heterocycles. The molecule has 2 aromatic carbocycles. The number of benzene rings is 2. The van der Waals surface area contributed by atoms with E-state index in [1.807, 2.05) is 86.0 Å². The largest absolute Gasteiger partial charge is 0.490 e. The fourth-order valence-electron chi connectivity index (χ4n) is 3.48. The predicted octanol–water partition coefficient (Wildman–Crippen LogP) is 4.11. The number of para-hydroxylation sites is 3. The molecule has 0 fully saturated rings. The number of aryl methyl sites for hydroxylation is 1. The van der Waals surface area contributed by atoms with E-state index in [0.29, 0.717) is 36.7 Å². The first-order valence-corrected chi connectivity index (χ1v) is 10.7. The smallest absolute Gasteiger partial charge is 0.271 e. The molecule has 1 heterocycles. The van der Waals surface area contributed by atoms with Crippen LogP contribution in [0.5, 0.6) is 11.5 Å². The van der Waals surface area contributed by atoms with Crippen molar-refractivity contribution in [3.8, 4) is 17.2 Å². The average molecular weight is 436 g/mol. The molecule has 0 bridgehead atoms. The maximum Gasteiger partial charge on any atom is 0.271 e. The van der Waals surface area contributed by atoms with Crippen LogP contribution in [0.4, 0.5) is 0 Å². The molecule has 3 aromatic rings. The summed E-state index contributed by atoms with van der Waals surface area (Å²) in [7, 11) is 0. The van der Waals surface area contributed by atoms with Crippen LogP contribution in [0.1, 0.15) is 41.5 Å². The molecular formula is C25H29N3O4. The molecule has 0 aliphatic carbocycles. The lowest BCUT2D eigenvalue weighted by atomic mass is 10.2. The number of hydrogen-bond acceptors (Lipinski definition) is 4. The fraction of sp³-hybridized carbons (Fsp3) is 0.280. The molecule has 32 heavy (non-hydrogen) atoms. The zero-order chi connectivity index (χ0) is 22.9. The van der Waals surface area contributed by atoms with E-state index >= 15 is 0 Å². The minimum atomic E-state index is -0.351. The minimum absolute atomic E-state index is 0.222. The van der Waals surface area contributed by atoms with Crippen LogP contribution in [0.15, 0.2) is 60.7 Å². The lowest BCUT2D eigenvalue weighted by Crippen LogP contribution is -2.41. The molecule has 0 aliphatic heterocycles. The van der Waals surface area contributed by atoms with Crippen LogP contribution in [-0.2, 0) is 4.79 Å². The van der Waals surface area contributed by atoms with Crippen molar-refractivity contribution in [1.29, 1.82) is 0 Å². The molecule has 7 nitrogen and oxygen atoms in total. The Kier molecular flexibility index (Phi) is 7.91. The van der Waals surface area contributed by atoms with E-state index in [-0.39, 0.29) is 18.2 Å². The monoisotopic (exact) mass is 435 g/mol. The van der Waals surface area contributed by atoms with Crippen molar-refractivity contribution in [2.45, 2.75) is 33.6 Å². The molecule has 0 saturated carbocycles. The first kappa shape index (κ1) is 22.9. The Morgan fingerprint density at radius 2 is 1.56 bits per heavy atom. The second-order valence-corrected chi connectivity index (χ2v) is 7.29. The number of ether oxygens (including phenoxy) is 2. The Bertz CT molecular complexity index is 1060. The van der Waals surface area contributed by atoms with Gasteiger partial charge in [-0.25, -0.2) is 0 Å². The highest BCUT2D eigenvalue weighted by molar-refractivity contribution is 5.97. The molecule has 0 atom stereocenters. The highest BCUT2D eigenvalue weighted by Gasteiger charge is 2.17. The molecule has 7 heteroatoms. The van der Waals surface area contributed by atoms with Gasteiger partial charge in [-0.15, -0.1) is 0 Å². The molecular weight excluding hydrogens is 406 g/mol. The van der Waals surface area contributed by atoms with Crippen LogP contribution in [0.3, 0.4) is 0 Å². The Morgan fingerprint density at radius 1 is 0.906 bits per heavy atom. The summed E-state index contributed by atoms with van der Waals surface area (Å²) in [4.78, 5) is 24.7. The van der Waals surface area contributed by atoms with Crippen LogP contribution < -0.4 is 20.3 Å². The number of hydrazine groups is 1. The van der Waals surface area contributed by atoms with E-state index in [9.17, 15) is 9.59 Å². The summed E-state index contributed by atoms with van der Waals surface area (Å²) in [6.07, 6.45) is 0.727. The maximum absolute atomic E-state index is 12.6. The van der Waals surface area contributed by atoms with Crippen molar-refractivity contribution >= 4 is 11.8 Å². The average Bonchev–Trinajstić information content (AvgIpc) is 3.10. The molecule has 0 aliphatic rings. The quantitative estimate of drug-likeness (QED) is 0.391. The predicted molar refractivity (Wildman–Crippen MR) is 123 cm³/mol. The van der Waals surface area contributed by atoms with E-state index in [0.717, 1.165) is 17.1 Å². The Balaban J connectivity index is 1.47. The SMILES string of the molecule is CCOc1ccccc1OCCCC(=O)NNC(=O)c1cc(C)n(-c2ccccc2)c1C. The Morgan fingerprint density at radius 3 is 2.25 bits per heavy atom. The van der Waals surface area contributed by atoms with Crippen molar-refractivity contribution in [2.24, 2.45) is 0 Å². The number of aromatic nitrogens is 1. The molecule has 0 unspecified atom stereocenters. The van der Waals surface area contributed by atoms with E-state index in [2.05, 4.69) is 10.9 Å². The summed E-state index contributed by atoms with van der Waals surface area (Å²) >= 11 is 0. The Hall–Kier alpha value is -3.74. The second-order valence-electron chi connectivity index (χ2n) is 7.29. The summed E-state index contributed by atoms with van der Waals surface area (Å²) in [6, 6.07) is 19.1. The molecule has 1 aromatic heterocycles. The molecule has 0 spiro atoms. The van der Waals surface area contributed by atoms with Gasteiger partial charge in [-0.3, -0.25) is 20.4 Å². The lowest BCUT2D eigenvalue weighted by Gasteiger charge is -2.12. The van der Waals surface area contributed by atoms with Gasteiger partial charge in [-0.1, -0.05) is 30.3 Å². The topological polar surface area (TPSA) is 81.6 Å². The summed E-state index contributed by atoms with van der Waals surface area (Å²) in [5, 5.41) is 0. The van der Waals surface area contributed by atoms with Gasteiger partial charge < -0.3 is 14.0 Å². The molecule has 2 amide bonds. The van der Waals surface area contributed by atoms with Gasteiger partial charge in [0.15, 0.2) is 11.5 Å². The van der Waals surface area contributed by atoms with Gasteiger partial charge in [0, 0.05) is 23.5 Å². The summed E-state index contributed by atoms with van der Waals surface area (Å²) in [6.45, 7) is 6.65. The third-order valence-corrected chi connectivity index (χ3v) is 4.96. The second kappa shape index (κ2) is 11.0. The zero-order valence-corrected chi connectivity index (χ0v) is 18.7. The highest BCUT2D eigenvalue weighted by atomic mass is 16.5. The summed E-state index contributed by atoms with van der Waals surface area (Å²) < 4.78 is 13.2. The standard InChI is InChI=1S/C25H29N3O4/c1-4-31-22-13-8-9-14-23(22)32-16-10-15-24(29)26-27-25(30)21-17-18(2)28(19(21)3)20-11-6-5-7-12-20/h5-9,11-14,17H,4,10,15-16H2,1-3H3,(H,26,29)(H,27,30). The third kappa shape index (κ3) is 5.69. The van der Waals surface area contributed by atoms with E-state index in [4.69, 9.17) is 9.47 Å². The van der Waals surface area contributed by atoms with Gasteiger partial charge in [0.05, 0.1) is 18.8 Å². The highest BCUT2D eigenvalue weighted by Crippen LogP contribution is 2.26. The van der Waals surface area contributed by atoms with E-state index in [1.54, 1.807) is 0 Å². The van der Waals surface area contributed by atoms with Crippen molar-refractivity contribution in [3.05, 3.63) is 77.6 Å². The number of carbonyl (C=O) groups is 2. The first-order chi connectivity index (χ1) is 15.5. The van der Waals surface area contributed by atoms with Gasteiger partial charge in [0.1, 0.15) is 0 Å². The zero-order valence-electron chi connectivity index (χ0n) is 18.7. The molecule has 168 valence electrons. The minimum Gasteiger partial charge on any atom is -0.490 e. The first-order valence-electron chi connectivity index (χ1n) is 10.7. The fourth-order valence-corrected chi connectivity index (χ4v) is 3.48. The number of carbonyl (C=O) groups excluding carboxylic acids is 2. The van der Waals surface area contributed by atoms with E-state index in [1.165, 1.54) is 0 Å². The lowest BCUT2D eigenvalue weighted by molar-refractivity contribution is -0.122. The Labute approximate surface area is 188 Å². The molecule has 0 radical (unpaired) electrons. The van der Waals surface area contributed by atoms with Crippen LogP contribution in [0, 0.1) is 13.8 Å². The van der Waals surface area contributed by atoms with Crippen LogP contribution in [0.25, 0.3) is 5.69 Å². The van der Waals surface area contributed by atoms with Crippen molar-refractivity contribution < 1.29 is 19.1 Å². The molecule has 2 N–H and O–H groups in total. The molecule has 3 rings (SSSR count). The summed E-state index contributed by atoms with van der Waals surface area (Å²) in [5.74, 6) is 0.698. The van der Waals surface area contributed by atoms with Crippen LogP contribution >= 0.6 is 0 Å². The van der Waals surface area contributed by atoms with Gasteiger partial charge >= 0.3 is 0 Å². The van der Waals surface area contributed by atoms with Gasteiger partial charge in [-0.2, -0.15) is 0 Å². The van der Waals surface area contributed by atoms with Crippen molar-refractivity contribution in [3.63, 3.8) is 0 Å². The van der Waals surface area contributed by atoms with Crippen LogP contribution in [-0.4, -0.2) is 29.6 Å². The van der Waals surface area contributed by atoms with E-state index < -0.39 is 0 Å². The normalized spacial score (nSPS) is 10.5. The number of amides is 2. The maximum atomic E-state index is 12.6. The number of hydrogen-bond donors (Lipinski definition) is 2. The number of nitrogens with zero attached hydrogens (tertiary/aromatic N) is 1. The van der Waals surface area contributed by atoms with Gasteiger partial charge in [0.25, 0.3) is 5.91 Å². The van der Waals surface area contributed by atoms with Gasteiger partial charge in [-0.05, 0) is 57.5 Å². The van der Waals surface area contributed by atoms with Gasteiger partial charge in [0.2, 0.25) is 5.91 Å². The third-order valence-electron chi connectivity index (χ3n) is 4.96. The number of rotatable bonds is 9. The van der Waals surface area contributed by atoms with Crippen molar-refractivity contribution in [1.82, 2.24) is 15.4 Å². The number of nitrogens with one attached hydrogen (secondary N) is 2. The van der Waals surface area contributed by atoms with Crippen molar-refractivity contribution in [2.75, 3.05) is 13.2 Å².